The van der Waals surface area contributed by atoms with Crippen LogP contribution in [0.1, 0.15) is 5.56 Å². The molecule has 120 valence electrons. The number of nitrogens with one attached hydrogen (secondary N) is 2. The maximum absolute atomic E-state index is 12.0. The number of sulfonamides is 1. The lowest BCUT2D eigenvalue weighted by Crippen LogP contribution is -2.28. The molecule has 0 saturated heterocycles. The first-order valence-corrected chi connectivity index (χ1v) is 8.01. The number of benzene rings is 1. The van der Waals surface area contributed by atoms with Gasteiger partial charge in [0.25, 0.3) is 6.43 Å². The second-order valence-corrected chi connectivity index (χ2v) is 6.32. The summed E-state index contributed by atoms with van der Waals surface area (Å²) in [5, 5.41) is 3.25. The van der Waals surface area contributed by atoms with Gasteiger partial charge in [-0.25, -0.2) is 21.9 Å². The van der Waals surface area contributed by atoms with Crippen molar-refractivity contribution >= 4 is 21.6 Å². The van der Waals surface area contributed by atoms with Gasteiger partial charge >= 0.3 is 0 Å². The molecule has 1 rings (SSSR count). The van der Waals surface area contributed by atoms with Crippen molar-refractivity contribution < 1.29 is 21.9 Å². The first-order valence-electron chi connectivity index (χ1n) is 6.15. The van der Waals surface area contributed by atoms with Crippen molar-refractivity contribution in [1.82, 2.24) is 10.0 Å². The highest BCUT2D eigenvalue weighted by molar-refractivity contribution is 7.89. The van der Waals surface area contributed by atoms with Crippen molar-refractivity contribution in [2.24, 2.45) is 0 Å². The highest BCUT2D eigenvalue weighted by atomic mass is 35.5. The zero-order valence-electron chi connectivity index (χ0n) is 11.4. The van der Waals surface area contributed by atoms with Gasteiger partial charge in [0, 0.05) is 18.1 Å². The number of hydrogen-bond donors (Lipinski definition) is 2. The Morgan fingerprint density at radius 3 is 2.67 bits per heavy atom. The summed E-state index contributed by atoms with van der Waals surface area (Å²) in [7, 11) is -1.99. The third-order valence-corrected chi connectivity index (χ3v) is 4.29. The average molecular weight is 343 g/mol. The molecule has 2 N–H and O–H groups in total. The highest BCUT2D eigenvalue weighted by Crippen LogP contribution is 2.20. The van der Waals surface area contributed by atoms with Crippen LogP contribution in [-0.4, -0.2) is 41.6 Å². The largest absolute Gasteiger partial charge is 0.374 e. The van der Waals surface area contributed by atoms with Crippen LogP contribution in [0.25, 0.3) is 0 Å². The summed E-state index contributed by atoms with van der Waals surface area (Å²) in [6.45, 7) is -0.416. The molecule has 0 saturated carbocycles. The van der Waals surface area contributed by atoms with Gasteiger partial charge in [-0.3, -0.25) is 0 Å². The highest BCUT2D eigenvalue weighted by Gasteiger charge is 2.15. The molecule has 0 fully saturated rings. The van der Waals surface area contributed by atoms with E-state index in [2.05, 4.69) is 14.8 Å². The Morgan fingerprint density at radius 2 is 2.10 bits per heavy atom. The summed E-state index contributed by atoms with van der Waals surface area (Å²) in [6.07, 6.45) is -2.57. The van der Waals surface area contributed by atoms with Crippen LogP contribution in [0.3, 0.4) is 0 Å². The predicted molar refractivity (Wildman–Crippen MR) is 76.2 cm³/mol. The van der Waals surface area contributed by atoms with Crippen LogP contribution >= 0.6 is 11.6 Å². The van der Waals surface area contributed by atoms with E-state index >= 15 is 0 Å². The van der Waals surface area contributed by atoms with Gasteiger partial charge in [-0.2, -0.15) is 0 Å². The fraction of sp³-hybridized carbons (Fsp3) is 0.500. The van der Waals surface area contributed by atoms with E-state index in [0.29, 0.717) is 11.6 Å². The molecule has 0 atom stereocenters. The van der Waals surface area contributed by atoms with Gasteiger partial charge in [-0.05, 0) is 24.7 Å². The molecule has 0 aromatic heterocycles. The van der Waals surface area contributed by atoms with Crippen molar-refractivity contribution in [3.05, 3.63) is 28.8 Å². The van der Waals surface area contributed by atoms with Crippen molar-refractivity contribution in [3.63, 3.8) is 0 Å². The van der Waals surface area contributed by atoms with Crippen LogP contribution in [0.5, 0.6) is 0 Å². The van der Waals surface area contributed by atoms with E-state index in [1.807, 2.05) is 0 Å². The maximum atomic E-state index is 12.0. The van der Waals surface area contributed by atoms with Crippen molar-refractivity contribution in [3.8, 4) is 0 Å². The molecule has 0 heterocycles. The van der Waals surface area contributed by atoms with Crippen LogP contribution < -0.4 is 10.0 Å². The summed E-state index contributed by atoms with van der Waals surface area (Å²) < 4.78 is 54.4. The molecule has 0 radical (unpaired) electrons. The third-order valence-electron chi connectivity index (χ3n) is 2.48. The summed E-state index contributed by atoms with van der Waals surface area (Å²) in [5.74, 6) is 0. The first kappa shape index (κ1) is 18.2. The minimum absolute atomic E-state index is 0.0150. The monoisotopic (exact) mass is 342 g/mol. The van der Waals surface area contributed by atoms with Gasteiger partial charge in [-0.15, -0.1) is 0 Å². The molecule has 1 aromatic rings. The van der Waals surface area contributed by atoms with E-state index in [9.17, 15) is 17.2 Å². The molecule has 5 nitrogen and oxygen atoms in total. The van der Waals surface area contributed by atoms with E-state index < -0.39 is 23.1 Å². The molecule has 0 aliphatic heterocycles. The van der Waals surface area contributed by atoms with Crippen LogP contribution in [0.2, 0.25) is 5.02 Å². The van der Waals surface area contributed by atoms with E-state index in [-0.39, 0.29) is 18.0 Å². The van der Waals surface area contributed by atoms with E-state index in [1.54, 1.807) is 13.1 Å². The van der Waals surface area contributed by atoms with Gasteiger partial charge in [0.05, 0.1) is 11.5 Å². The second-order valence-electron chi connectivity index (χ2n) is 4.15. The van der Waals surface area contributed by atoms with Gasteiger partial charge < -0.3 is 10.1 Å². The van der Waals surface area contributed by atoms with Gasteiger partial charge in [0.2, 0.25) is 10.0 Å². The first-order chi connectivity index (χ1) is 9.86. The molecule has 21 heavy (non-hydrogen) atoms. The summed E-state index contributed by atoms with van der Waals surface area (Å²) >= 11 is 5.99. The zero-order valence-corrected chi connectivity index (χ0v) is 13.0. The van der Waals surface area contributed by atoms with Crippen molar-refractivity contribution in [2.75, 3.05) is 26.8 Å². The minimum atomic E-state index is -3.74. The fourth-order valence-electron chi connectivity index (χ4n) is 1.53. The molecule has 1 aromatic carbocycles. The minimum Gasteiger partial charge on any atom is -0.374 e. The number of halogens is 3. The Labute approximate surface area is 127 Å². The van der Waals surface area contributed by atoms with E-state index in [1.165, 1.54) is 12.1 Å². The normalized spacial score (nSPS) is 12.0. The molecule has 0 aliphatic carbocycles. The average Bonchev–Trinajstić information content (AvgIpc) is 2.40. The molecule has 0 aliphatic rings. The molecule has 0 spiro atoms. The Morgan fingerprint density at radius 1 is 1.38 bits per heavy atom. The van der Waals surface area contributed by atoms with E-state index in [0.717, 1.165) is 5.56 Å². The lowest BCUT2D eigenvalue weighted by atomic mass is 10.2. The number of ether oxygens (including phenoxy) is 1. The molecule has 0 unspecified atom stereocenters. The topological polar surface area (TPSA) is 67.4 Å². The van der Waals surface area contributed by atoms with Crippen LogP contribution in [-0.2, 0) is 21.3 Å². The lowest BCUT2D eigenvalue weighted by molar-refractivity contribution is 0.0199. The maximum Gasteiger partial charge on any atom is 0.261 e. The van der Waals surface area contributed by atoms with Crippen LogP contribution in [0.15, 0.2) is 23.1 Å². The molecule has 0 bridgehead atoms. The number of alkyl halides is 2. The van der Waals surface area contributed by atoms with E-state index in [4.69, 9.17) is 11.6 Å². The Kier molecular flexibility index (Phi) is 7.47. The smallest absolute Gasteiger partial charge is 0.261 e. The molecule has 9 heteroatoms. The Balaban J connectivity index is 2.60. The molecular weight excluding hydrogens is 326 g/mol. The quantitative estimate of drug-likeness (QED) is 0.669. The summed E-state index contributed by atoms with van der Waals surface area (Å²) in [6, 6.07) is 4.39. The van der Waals surface area contributed by atoms with Crippen molar-refractivity contribution in [1.29, 1.82) is 0 Å². The second kappa shape index (κ2) is 8.60. The fourth-order valence-corrected chi connectivity index (χ4v) is 2.88. The SMILES string of the molecule is CNCc1ccc(S(=O)(=O)NCCOCC(F)F)cc1Cl. The van der Waals surface area contributed by atoms with Crippen LogP contribution in [0.4, 0.5) is 8.78 Å². The molecule has 0 amide bonds. The Bertz CT molecular complexity index is 555. The zero-order chi connectivity index (χ0) is 15.9. The van der Waals surface area contributed by atoms with Gasteiger partial charge in [-0.1, -0.05) is 17.7 Å². The van der Waals surface area contributed by atoms with Crippen molar-refractivity contribution in [2.45, 2.75) is 17.9 Å². The number of rotatable bonds is 9. The van der Waals surface area contributed by atoms with Gasteiger partial charge in [0.1, 0.15) is 6.61 Å². The lowest BCUT2D eigenvalue weighted by Gasteiger charge is -2.09. The number of hydrogen-bond acceptors (Lipinski definition) is 4. The standard InChI is InChI=1S/C12H17ClF2N2O3S/c1-16-7-9-2-3-10(6-11(9)13)21(18,19)17-4-5-20-8-12(14)15/h2-3,6,12,16-17H,4-5,7-8H2,1H3. The summed E-state index contributed by atoms with van der Waals surface area (Å²) in [4.78, 5) is 0.0150. The summed E-state index contributed by atoms with van der Waals surface area (Å²) in [5.41, 5.74) is 0.776. The third kappa shape index (κ3) is 6.23. The van der Waals surface area contributed by atoms with Crippen LogP contribution in [0, 0.1) is 0 Å². The molecular formula is C12H17ClF2N2O3S. The Hall–Kier alpha value is -0.800. The van der Waals surface area contributed by atoms with Gasteiger partial charge in [0.15, 0.2) is 0 Å². The predicted octanol–water partition coefficient (Wildman–Crippen LogP) is 1.62.